The lowest BCUT2D eigenvalue weighted by molar-refractivity contribution is 0.851. The Morgan fingerprint density at radius 1 is 0.969 bits per heavy atom. The Morgan fingerprint density at radius 2 is 1.69 bits per heavy atom. The molecule has 8 nitrogen and oxygen atoms in total. The van der Waals surface area contributed by atoms with Crippen LogP contribution in [0.5, 0.6) is 0 Å². The van der Waals surface area contributed by atoms with Crippen LogP contribution < -0.4 is 21.5 Å². The number of nitrogen functional groups attached to an aromatic ring is 1. The van der Waals surface area contributed by atoms with E-state index >= 15 is 0 Å². The van der Waals surface area contributed by atoms with E-state index in [4.69, 9.17) is 5.73 Å². The summed E-state index contributed by atoms with van der Waals surface area (Å²) in [4.78, 5) is 28.3. The topological polar surface area (TPSA) is 102 Å². The van der Waals surface area contributed by atoms with E-state index in [2.05, 4.69) is 32.1 Å². The molecule has 0 spiro atoms. The summed E-state index contributed by atoms with van der Waals surface area (Å²) in [7, 11) is 0. The first-order valence-electron chi connectivity index (χ1n) is 10.4. The third kappa shape index (κ3) is 3.99. The molecule has 0 radical (unpaired) electrons. The van der Waals surface area contributed by atoms with Crippen molar-refractivity contribution in [1.82, 2.24) is 19.5 Å². The molecular formula is C23H23N7OS. The lowest BCUT2D eigenvalue weighted by Crippen LogP contribution is -2.33. The Labute approximate surface area is 189 Å². The van der Waals surface area contributed by atoms with Crippen LogP contribution in [0.25, 0.3) is 16.7 Å². The van der Waals surface area contributed by atoms with E-state index in [1.807, 2.05) is 42.2 Å². The molecule has 4 heterocycles. The first-order chi connectivity index (χ1) is 15.6. The number of hydrogen-bond acceptors (Lipinski definition) is 8. The molecule has 0 unspecified atom stereocenters. The fourth-order valence-electron chi connectivity index (χ4n) is 3.86. The van der Waals surface area contributed by atoms with Gasteiger partial charge >= 0.3 is 0 Å². The van der Waals surface area contributed by atoms with Gasteiger partial charge in [0.1, 0.15) is 17.2 Å². The Balaban J connectivity index is 1.49. The molecule has 4 aromatic rings. The zero-order valence-corrected chi connectivity index (χ0v) is 18.5. The molecule has 0 aliphatic carbocycles. The van der Waals surface area contributed by atoms with Crippen molar-refractivity contribution in [1.29, 1.82) is 0 Å². The standard InChI is InChI=1S/C23H23N7OS/c1-15-10-21(27-13-20(15)29-6-8-32-9-7-29)28-22-11-19-18(12-26-22)25-14-23(31)30(19)17-4-2-16(24)3-5-17/h2-5,10-14H,6-9,24H2,1H3,(H,26,27,28). The lowest BCUT2D eigenvalue weighted by Gasteiger charge is -2.29. The molecule has 1 aliphatic heterocycles. The molecule has 5 rings (SSSR count). The zero-order chi connectivity index (χ0) is 22.1. The molecule has 9 heteroatoms. The van der Waals surface area contributed by atoms with Crippen molar-refractivity contribution in [2.75, 3.05) is 40.5 Å². The van der Waals surface area contributed by atoms with Gasteiger partial charge in [-0.2, -0.15) is 11.8 Å². The van der Waals surface area contributed by atoms with Gasteiger partial charge in [-0.15, -0.1) is 0 Å². The Hall–Kier alpha value is -3.59. The van der Waals surface area contributed by atoms with Gasteiger partial charge in [0.15, 0.2) is 0 Å². The maximum atomic E-state index is 12.6. The fraction of sp³-hybridized carbons (Fsp3) is 0.217. The summed E-state index contributed by atoms with van der Waals surface area (Å²) in [6.45, 7) is 4.18. The van der Waals surface area contributed by atoms with Crippen LogP contribution in [0.2, 0.25) is 0 Å². The number of benzene rings is 1. The number of nitrogens with one attached hydrogen (secondary N) is 1. The average molecular weight is 446 g/mol. The zero-order valence-electron chi connectivity index (χ0n) is 17.7. The number of pyridine rings is 2. The van der Waals surface area contributed by atoms with Crippen molar-refractivity contribution < 1.29 is 0 Å². The van der Waals surface area contributed by atoms with Crippen LogP contribution in [-0.4, -0.2) is 44.1 Å². The monoisotopic (exact) mass is 445 g/mol. The van der Waals surface area contributed by atoms with Gasteiger partial charge in [-0.25, -0.2) is 15.0 Å². The second kappa shape index (κ2) is 8.51. The number of rotatable bonds is 4. The van der Waals surface area contributed by atoms with Gasteiger partial charge in [0.05, 0.1) is 29.8 Å². The molecule has 1 saturated heterocycles. The van der Waals surface area contributed by atoms with Crippen molar-refractivity contribution in [3.63, 3.8) is 0 Å². The van der Waals surface area contributed by atoms with Crippen molar-refractivity contribution in [3.05, 3.63) is 70.9 Å². The van der Waals surface area contributed by atoms with Gasteiger partial charge in [0.2, 0.25) is 0 Å². The minimum absolute atomic E-state index is 0.225. The van der Waals surface area contributed by atoms with E-state index in [0.717, 1.165) is 30.2 Å². The normalized spacial score (nSPS) is 14.0. The van der Waals surface area contributed by atoms with Gasteiger partial charge in [-0.1, -0.05) is 0 Å². The van der Waals surface area contributed by atoms with Crippen molar-refractivity contribution in [2.45, 2.75) is 6.92 Å². The van der Waals surface area contributed by atoms with E-state index in [1.165, 1.54) is 11.9 Å². The maximum absolute atomic E-state index is 12.6. The number of nitrogens with zero attached hydrogens (tertiary/aromatic N) is 5. The third-order valence-electron chi connectivity index (χ3n) is 5.48. The van der Waals surface area contributed by atoms with Gasteiger partial charge in [-0.3, -0.25) is 9.36 Å². The molecule has 32 heavy (non-hydrogen) atoms. The molecule has 3 aromatic heterocycles. The van der Waals surface area contributed by atoms with Gasteiger partial charge in [0, 0.05) is 42.0 Å². The quantitative estimate of drug-likeness (QED) is 0.461. The van der Waals surface area contributed by atoms with Crippen LogP contribution in [0, 0.1) is 6.92 Å². The largest absolute Gasteiger partial charge is 0.399 e. The number of nitrogens with two attached hydrogens (primary N) is 1. The Morgan fingerprint density at radius 3 is 2.44 bits per heavy atom. The molecule has 3 N–H and O–H groups in total. The molecule has 1 aliphatic rings. The highest BCUT2D eigenvalue weighted by molar-refractivity contribution is 7.99. The summed E-state index contributed by atoms with van der Waals surface area (Å²) in [5.41, 5.74) is 10.5. The average Bonchev–Trinajstić information content (AvgIpc) is 2.80. The predicted molar refractivity (Wildman–Crippen MR) is 131 cm³/mol. The van der Waals surface area contributed by atoms with Crippen LogP contribution in [0.4, 0.5) is 23.0 Å². The SMILES string of the molecule is Cc1cc(Nc2cc3c(cn2)ncc(=O)n3-c2ccc(N)cc2)ncc1N1CCSCC1. The summed E-state index contributed by atoms with van der Waals surface area (Å²) in [6.07, 6.45) is 4.87. The number of anilines is 4. The number of hydrogen-bond donors (Lipinski definition) is 2. The minimum atomic E-state index is -0.225. The summed E-state index contributed by atoms with van der Waals surface area (Å²) < 4.78 is 1.60. The lowest BCUT2D eigenvalue weighted by atomic mass is 10.2. The highest BCUT2D eigenvalue weighted by Gasteiger charge is 2.14. The molecule has 0 saturated carbocycles. The van der Waals surface area contributed by atoms with E-state index in [-0.39, 0.29) is 5.56 Å². The first-order valence-corrected chi connectivity index (χ1v) is 11.5. The number of thioether (sulfide) groups is 1. The van der Waals surface area contributed by atoms with E-state index in [1.54, 1.807) is 22.9 Å². The summed E-state index contributed by atoms with van der Waals surface area (Å²) in [6, 6.07) is 11.0. The summed E-state index contributed by atoms with van der Waals surface area (Å²) >= 11 is 1.99. The second-order valence-corrected chi connectivity index (χ2v) is 8.89. The van der Waals surface area contributed by atoms with Crippen LogP contribution in [0.15, 0.2) is 59.8 Å². The number of fused-ring (bicyclic) bond motifs is 1. The molecule has 1 fully saturated rings. The summed E-state index contributed by atoms with van der Waals surface area (Å²) in [5.74, 6) is 3.58. The van der Waals surface area contributed by atoms with E-state index in [0.29, 0.717) is 34.0 Å². The van der Waals surface area contributed by atoms with Gasteiger partial charge in [-0.05, 0) is 42.8 Å². The van der Waals surface area contributed by atoms with Crippen molar-refractivity contribution in [2.24, 2.45) is 0 Å². The van der Waals surface area contributed by atoms with Crippen LogP contribution in [0.1, 0.15) is 5.56 Å². The molecule has 0 bridgehead atoms. The van der Waals surface area contributed by atoms with Gasteiger partial charge in [0.25, 0.3) is 5.56 Å². The molecular weight excluding hydrogens is 422 g/mol. The molecule has 1 aromatic carbocycles. The highest BCUT2D eigenvalue weighted by atomic mass is 32.2. The first kappa shape index (κ1) is 20.3. The van der Waals surface area contributed by atoms with Crippen LogP contribution in [-0.2, 0) is 0 Å². The van der Waals surface area contributed by atoms with E-state index < -0.39 is 0 Å². The van der Waals surface area contributed by atoms with Crippen molar-refractivity contribution >= 4 is 45.8 Å². The molecule has 0 amide bonds. The fourth-order valence-corrected chi connectivity index (χ4v) is 4.76. The Kier molecular flexibility index (Phi) is 5.40. The predicted octanol–water partition coefficient (Wildman–Crippen LogP) is 3.36. The summed E-state index contributed by atoms with van der Waals surface area (Å²) in [5, 5.41) is 3.27. The highest BCUT2D eigenvalue weighted by Crippen LogP contribution is 2.26. The minimum Gasteiger partial charge on any atom is -0.399 e. The molecule has 0 atom stereocenters. The van der Waals surface area contributed by atoms with E-state index in [9.17, 15) is 4.79 Å². The Bertz CT molecular complexity index is 1330. The maximum Gasteiger partial charge on any atom is 0.274 e. The van der Waals surface area contributed by atoms with Crippen LogP contribution in [0.3, 0.4) is 0 Å². The van der Waals surface area contributed by atoms with Crippen LogP contribution >= 0.6 is 11.8 Å². The van der Waals surface area contributed by atoms with Crippen molar-refractivity contribution in [3.8, 4) is 5.69 Å². The smallest absolute Gasteiger partial charge is 0.274 e. The third-order valence-corrected chi connectivity index (χ3v) is 6.42. The number of aromatic nitrogens is 4. The van der Waals surface area contributed by atoms with Gasteiger partial charge < -0.3 is 16.0 Å². The number of aryl methyl sites for hydroxylation is 1. The molecule has 162 valence electrons. The second-order valence-electron chi connectivity index (χ2n) is 7.66.